The monoisotopic (exact) mass is 220 g/mol. The molecule has 0 aliphatic carbocycles. The van der Waals surface area contributed by atoms with Gasteiger partial charge in [-0.25, -0.2) is 13.7 Å². The Morgan fingerprint density at radius 2 is 2.08 bits per heavy atom. The maximum Gasteiger partial charge on any atom is 0.492 e. The number of hydrogen-bond acceptors (Lipinski definition) is 3. The van der Waals surface area contributed by atoms with Crippen molar-refractivity contribution in [3.05, 3.63) is 0 Å². The smallest absolute Gasteiger partial charge is 0.385 e. The standard InChI is InChI=1S/C5H11F3N2O2S/c1-12-4-2-3-10-13(9,11)5(6,7)8/h2-4H2,1H3,(H2,9,10,11). The normalized spacial score (nSPS) is 16.9. The maximum atomic E-state index is 11.8. The van der Waals surface area contributed by atoms with Crippen molar-refractivity contribution in [1.29, 1.82) is 4.78 Å². The van der Waals surface area contributed by atoms with Crippen LogP contribution in [0.15, 0.2) is 0 Å². The lowest BCUT2D eigenvalue weighted by atomic mass is 10.5. The van der Waals surface area contributed by atoms with E-state index in [0.29, 0.717) is 0 Å². The number of alkyl halides is 3. The summed E-state index contributed by atoms with van der Waals surface area (Å²) in [5.41, 5.74) is -5.01. The summed E-state index contributed by atoms with van der Waals surface area (Å²) in [5, 5.41) is 0. The minimum atomic E-state index is -5.01. The van der Waals surface area contributed by atoms with Gasteiger partial charge in [-0.2, -0.15) is 13.2 Å². The molecule has 0 heterocycles. The van der Waals surface area contributed by atoms with Crippen LogP contribution in [0.5, 0.6) is 0 Å². The summed E-state index contributed by atoms with van der Waals surface area (Å²) in [6.45, 7) is 0.107. The van der Waals surface area contributed by atoms with Crippen LogP contribution >= 0.6 is 0 Å². The molecule has 0 aliphatic heterocycles. The molecule has 8 heteroatoms. The molecule has 0 saturated heterocycles. The number of hydrogen-bond donors (Lipinski definition) is 2. The first kappa shape index (κ1) is 12.7. The molecule has 80 valence electrons. The van der Waals surface area contributed by atoms with Crippen molar-refractivity contribution in [2.24, 2.45) is 0 Å². The molecule has 0 bridgehead atoms. The van der Waals surface area contributed by atoms with Gasteiger partial charge in [0.25, 0.3) is 0 Å². The summed E-state index contributed by atoms with van der Waals surface area (Å²) < 4.78 is 58.6. The Balaban J connectivity index is 3.92. The molecule has 1 unspecified atom stereocenters. The van der Waals surface area contributed by atoms with E-state index in [9.17, 15) is 17.4 Å². The SMILES string of the molecule is COCCCNS(=N)(=O)C(F)(F)F. The number of methoxy groups -OCH3 is 1. The van der Waals surface area contributed by atoms with Gasteiger partial charge in [-0.1, -0.05) is 0 Å². The number of nitrogens with one attached hydrogen (secondary N) is 2. The molecular weight excluding hydrogens is 209 g/mol. The Hall–Kier alpha value is -0.340. The third kappa shape index (κ3) is 4.44. The molecule has 0 radical (unpaired) electrons. The Bertz CT molecular complexity index is 237. The van der Waals surface area contributed by atoms with Crippen LogP contribution in [0.1, 0.15) is 6.42 Å². The van der Waals surface area contributed by atoms with E-state index >= 15 is 0 Å². The van der Waals surface area contributed by atoms with E-state index in [4.69, 9.17) is 4.78 Å². The quantitative estimate of drug-likeness (QED) is 0.681. The van der Waals surface area contributed by atoms with Crippen molar-refractivity contribution in [3.8, 4) is 0 Å². The third-order valence-electron chi connectivity index (χ3n) is 1.16. The molecule has 4 nitrogen and oxygen atoms in total. The second-order valence-corrected chi connectivity index (χ2v) is 4.11. The van der Waals surface area contributed by atoms with Crippen molar-refractivity contribution in [3.63, 3.8) is 0 Å². The molecule has 0 spiro atoms. The van der Waals surface area contributed by atoms with E-state index < -0.39 is 15.4 Å². The van der Waals surface area contributed by atoms with Crippen LogP contribution in [-0.4, -0.2) is 30.0 Å². The molecule has 2 N–H and O–H groups in total. The number of ether oxygens (including phenoxy) is 1. The van der Waals surface area contributed by atoms with Crippen LogP contribution in [0, 0.1) is 4.78 Å². The van der Waals surface area contributed by atoms with Crippen molar-refractivity contribution >= 4 is 9.92 Å². The Kier molecular flexibility index (Phi) is 4.65. The first-order valence-electron chi connectivity index (χ1n) is 3.40. The van der Waals surface area contributed by atoms with Gasteiger partial charge >= 0.3 is 5.51 Å². The predicted octanol–water partition coefficient (Wildman–Crippen LogP) is 1.09. The minimum Gasteiger partial charge on any atom is -0.385 e. The van der Waals surface area contributed by atoms with Crippen LogP contribution in [0.25, 0.3) is 0 Å². The zero-order valence-corrected chi connectivity index (χ0v) is 7.80. The lowest BCUT2D eigenvalue weighted by Gasteiger charge is -2.11. The summed E-state index contributed by atoms with van der Waals surface area (Å²) >= 11 is 0. The minimum absolute atomic E-state index is 0.157. The Morgan fingerprint density at radius 3 is 2.46 bits per heavy atom. The summed E-state index contributed by atoms with van der Waals surface area (Å²) in [6.07, 6.45) is 0.280. The lowest BCUT2D eigenvalue weighted by molar-refractivity contribution is -0.0417. The zero-order valence-electron chi connectivity index (χ0n) is 6.98. The molecule has 0 saturated carbocycles. The maximum absolute atomic E-state index is 11.8. The first-order chi connectivity index (χ1) is 5.81. The topological polar surface area (TPSA) is 62.2 Å². The molecule has 13 heavy (non-hydrogen) atoms. The largest absolute Gasteiger partial charge is 0.492 e. The van der Waals surface area contributed by atoms with E-state index in [1.165, 1.54) is 7.11 Å². The molecule has 0 aromatic carbocycles. The predicted molar refractivity (Wildman–Crippen MR) is 41.4 cm³/mol. The van der Waals surface area contributed by atoms with Gasteiger partial charge in [-0.05, 0) is 6.42 Å². The van der Waals surface area contributed by atoms with Gasteiger partial charge in [0.05, 0.1) is 0 Å². The Labute approximate surface area is 74.6 Å². The van der Waals surface area contributed by atoms with E-state index in [1.807, 2.05) is 0 Å². The average Bonchev–Trinajstić information content (AvgIpc) is 1.96. The van der Waals surface area contributed by atoms with Gasteiger partial charge in [0.1, 0.15) is 0 Å². The highest BCUT2D eigenvalue weighted by molar-refractivity contribution is 7.91. The third-order valence-corrected chi connectivity index (χ3v) is 2.42. The fourth-order valence-corrected chi connectivity index (χ4v) is 1.11. The highest BCUT2D eigenvalue weighted by atomic mass is 32.2. The first-order valence-corrected chi connectivity index (χ1v) is 4.95. The van der Waals surface area contributed by atoms with Gasteiger partial charge in [-0.15, -0.1) is 0 Å². The Morgan fingerprint density at radius 1 is 1.54 bits per heavy atom. The average molecular weight is 220 g/mol. The highest BCUT2D eigenvalue weighted by Gasteiger charge is 2.41. The zero-order chi connectivity index (χ0) is 10.5. The van der Waals surface area contributed by atoms with Gasteiger partial charge in [0.2, 0.25) is 9.92 Å². The van der Waals surface area contributed by atoms with Crippen molar-refractivity contribution in [2.75, 3.05) is 20.3 Å². The van der Waals surface area contributed by atoms with Gasteiger partial charge < -0.3 is 4.74 Å². The van der Waals surface area contributed by atoms with Crippen molar-refractivity contribution in [2.45, 2.75) is 11.9 Å². The van der Waals surface area contributed by atoms with Crippen molar-refractivity contribution < 1.29 is 22.1 Å². The molecule has 0 fully saturated rings. The van der Waals surface area contributed by atoms with Crippen LogP contribution in [0.4, 0.5) is 13.2 Å². The van der Waals surface area contributed by atoms with E-state index in [-0.39, 0.29) is 19.6 Å². The fraction of sp³-hybridized carbons (Fsp3) is 1.00. The molecule has 0 amide bonds. The second-order valence-electron chi connectivity index (χ2n) is 2.24. The van der Waals surface area contributed by atoms with Gasteiger partial charge in [0, 0.05) is 20.3 Å². The van der Waals surface area contributed by atoms with Crippen LogP contribution < -0.4 is 4.72 Å². The summed E-state index contributed by atoms with van der Waals surface area (Å²) in [4.78, 5) is 0. The summed E-state index contributed by atoms with van der Waals surface area (Å²) in [6, 6.07) is 0. The van der Waals surface area contributed by atoms with E-state index in [2.05, 4.69) is 4.74 Å². The molecular formula is C5H11F3N2O2S. The molecule has 0 aromatic heterocycles. The number of halogens is 3. The summed E-state index contributed by atoms with van der Waals surface area (Å²) in [5.74, 6) is 0. The van der Waals surface area contributed by atoms with E-state index in [1.54, 1.807) is 4.72 Å². The van der Waals surface area contributed by atoms with Crippen LogP contribution in [0.3, 0.4) is 0 Å². The van der Waals surface area contributed by atoms with Crippen molar-refractivity contribution in [1.82, 2.24) is 4.72 Å². The fourth-order valence-electron chi connectivity index (χ4n) is 0.514. The van der Waals surface area contributed by atoms with Crippen LogP contribution in [-0.2, 0) is 14.7 Å². The van der Waals surface area contributed by atoms with Crippen LogP contribution in [0.2, 0.25) is 0 Å². The van der Waals surface area contributed by atoms with Gasteiger partial charge in [0.15, 0.2) is 0 Å². The molecule has 0 rings (SSSR count). The van der Waals surface area contributed by atoms with E-state index in [0.717, 1.165) is 0 Å². The highest BCUT2D eigenvalue weighted by Crippen LogP contribution is 2.21. The van der Waals surface area contributed by atoms with Gasteiger partial charge in [-0.3, -0.25) is 0 Å². The summed E-state index contributed by atoms with van der Waals surface area (Å²) in [7, 11) is -3.28. The number of rotatable bonds is 5. The molecule has 1 atom stereocenters. The molecule has 0 aromatic rings. The molecule has 0 aliphatic rings. The lowest BCUT2D eigenvalue weighted by Crippen LogP contribution is -2.36. The second kappa shape index (κ2) is 4.77.